The van der Waals surface area contributed by atoms with Crippen LogP contribution in [-0.2, 0) is 0 Å². The standard InChI is InChI=1S/C24H30ClN5O2/c1-3-28(4-2)16-17-9-7-8-14-29(17)30-21-11-6-5-10-18(21)24(32)27-20-13-12-19(22(31)15-25)26-23(20)30/h5-6,10-13,17H,3-4,7-9,14-16H2,1-2H3,(H,27,32). The van der Waals surface area contributed by atoms with Gasteiger partial charge in [-0.15, -0.1) is 11.6 Å². The van der Waals surface area contributed by atoms with E-state index in [9.17, 15) is 9.59 Å². The van der Waals surface area contributed by atoms with Crippen molar-refractivity contribution in [2.45, 2.75) is 39.2 Å². The Kier molecular flexibility index (Phi) is 7.08. The molecule has 0 bridgehead atoms. The first kappa shape index (κ1) is 22.7. The highest BCUT2D eigenvalue weighted by atomic mass is 35.5. The van der Waals surface area contributed by atoms with Gasteiger partial charge in [-0.3, -0.25) is 14.6 Å². The molecule has 2 aliphatic rings. The van der Waals surface area contributed by atoms with Crippen LogP contribution in [0.2, 0.25) is 0 Å². The second-order valence-corrected chi connectivity index (χ2v) is 8.47. The van der Waals surface area contributed by atoms with Gasteiger partial charge in [0.25, 0.3) is 5.91 Å². The molecule has 0 saturated carbocycles. The summed E-state index contributed by atoms with van der Waals surface area (Å²) in [5.41, 5.74) is 2.25. The highest BCUT2D eigenvalue weighted by molar-refractivity contribution is 6.30. The zero-order valence-corrected chi connectivity index (χ0v) is 19.4. The first-order valence-corrected chi connectivity index (χ1v) is 11.9. The van der Waals surface area contributed by atoms with Gasteiger partial charge in [0, 0.05) is 19.1 Å². The number of nitrogens with one attached hydrogen (secondary N) is 1. The Morgan fingerprint density at radius 2 is 1.97 bits per heavy atom. The maximum atomic E-state index is 13.0. The summed E-state index contributed by atoms with van der Waals surface area (Å²) in [6, 6.07) is 11.2. The van der Waals surface area contributed by atoms with Crippen LogP contribution < -0.4 is 10.3 Å². The molecule has 1 N–H and O–H groups in total. The highest BCUT2D eigenvalue weighted by Gasteiger charge is 2.35. The van der Waals surface area contributed by atoms with Gasteiger partial charge in [-0.1, -0.05) is 32.4 Å². The van der Waals surface area contributed by atoms with E-state index >= 15 is 0 Å². The van der Waals surface area contributed by atoms with Gasteiger partial charge in [0.15, 0.2) is 11.6 Å². The van der Waals surface area contributed by atoms with Gasteiger partial charge in [0.05, 0.1) is 22.8 Å². The van der Waals surface area contributed by atoms with Gasteiger partial charge in [-0.2, -0.15) is 0 Å². The number of likely N-dealkylation sites (N-methyl/N-ethyl adjacent to an activating group) is 1. The summed E-state index contributed by atoms with van der Waals surface area (Å²) in [4.78, 5) is 32.5. The molecule has 8 heteroatoms. The predicted octanol–water partition coefficient (Wildman–Crippen LogP) is 4.32. The number of hydrogen-bond acceptors (Lipinski definition) is 6. The Morgan fingerprint density at radius 1 is 1.19 bits per heavy atom. The third kappa shape index (κ3) is 4.37. The Morgan fingerprint density at radius 3 is 2.72 bits per heavy atom. The number of hydrazine groups is 1. The van der Waals surface area contributed by atoms with E-state index in [1.165, 1.54) is 6.42 Å². The van der Waals surface area contributed by atoms with Crippen molar-refractivity contribution in [1.29, 1.82) is 0 Å². The molecule has 1 aromatic carbocycles. The third-order valence-corrected chi connectivity index (χ3v) is 6.57. The molecule has 2 aliphatic heterocycles. The minimum Gasteiger partial charge on any atom is -0.319 e. The molecular formula is C24H30ClN5O2. The monoisotopic (exact) mass is 455 g/mol. The van der Waals surface area contributed by atoms with Crippen molar-refractivity contribution in [2.24, 2.45) is 0 Å². The molecule has 3 heterocycles. The molecule has 1 saturated heterocycles. The Hall–Kier alpha value is -2.48. The van der Waals surface area contributed by atoms with Crippen molar-refractivity contribution < 1.29 is 9.59 Å². The fraction of sp³-hybridized carbons (Fsp3) is 0.458. The smallest absolute Gasteiger partial charge is 0.257 e. The second kappa shape index (κ2) is 9.98. The fourth-order valence-electron chi connectivity index (χ4n) is 4.56. The van der Waals surface area contributed by atoms with Crippen molar-refractivity contribution in [3.8, 4) is 0 Å². The lowest BCUT2D eigenvalue weighted by Gasteiger charge is -2.45. The number of nitrogens with zero attached hydrogens (tertiary/aromatic N) is 4. The number of amides is 1. The quantitative estimate of drug-likeness (QED) is 0.495. The van der Waals surface area contributed by atoms with E-state index in [4.69, 9.17) is 16.6 Å². The van der Waals surface area contributed by atoms with E-state index in [1.54, 1.807) is 12.1 Å². The number of halogens is 1. The lowest BCUT2D eigenvalue weighted by atomic mass is 10.0. The number of carbonyl (C=O) groups excluding carboxylic acids is 2. The van der Waals surface area contributed by atoms with E-state index in [-0.39, 0.29) is 23.6 Å². The fourth-order valence-corrected chi connectivity index (χ4v) is 4.70. The molecule has 1 atom stereocenters. The van der Waals surface area contributed by atoms with Gasteiger partial charge >= 0.3 is 0 Å². The van der Waals surface area contributed by atoms with E-state index in [0.717, 1.165) is 44.7 Å². The van der Waals surface area contributed by atoms with Crippen LogP contribution in [0.4, 0.5) is 17.2 Å². The summed E-state index contributed by atoms with van der Waals surface area (Å²) in [5, 5.41) is 7.38. The molecule has 0 radical (unpaired) electrons. The second-order valence-electron chi connectivity index (χ2n) is 8.21. The summed E-state index contributed by atoms with van der Waals surface area (Å²) in [7, 11) is 0. The molecular weight excluding hydrogens is 426 g/mol. The number of benzene rings is 1. The minimum atomic E-state index is -0.239. The Bertz CT molecular complexity index is 994. The number of piperidine rings is 1. The van der Waals surface area contributed by atoms with Crippen LogP contribution in [0.15, 0.2) is 36.4 Å². The largest absolute Gasteiger partial charge is 0.319 e. The third-order valence-electron chi connectivity index (χ3n) is 6.32. The van der Waals surface area contributed by atoms with Crippen LogP contribution >= 0.6 is 11.6 Å². The van der Waals surface area contributed by atoms with E-state index in [1.807, 2.05) is 24.3 Å². The van der Waals surface area contributed by atoms with Crippen LogP contribution in [0.3, 0.4) is 0 Å². The summed E-state index contributed by atoms with van der Waals surface area (Å²) >= 11 is 5.81. The number of aromatic nitrogens is 1. The number of carbonyl (C=O) groups is 2. The number of fused-ring (bicyclic) bond motifs is 2. The molecule has 1 fully saturated rings. The van der Waals surface area contributed by atoms with Crippen LogP contribution in [0.1, 0.15) is 54.0 Å². The van der Waals surface area contributed by atoms with E-state index in [2.05, 4.69) is 34.1 Å². The molecule has 1 unspecified atom stereocenters. The zero-order valence-electron chi connectivity index (χ0n) is 18.7. The molecule has 7 nitrogen and oxygen atoms in total. The Labute approximate surface area is 194 Å². The lowest BCUT2D eigenvalue weighted by Crippen LogP contribution is -2.54. The average molecular weight is 456 g/mol. The van der Waals surface area contributed by atoms with Crippen molar-refractivity contribution >= 4 is 40.5 Å². The molecule has 1 aromatic heterocycles. The average Bonchev–Trinajstić information content (AvgIpc) is 2.95. The predicted molar refractivity (Wildman–Crippen MR) is 128 cm³/mol. The maximum absolute atomic E-state index is 13.0. The molecule has 32 heavy (non-hydrogen) atoms. The molecule has 1 amide bonds. The molecule has 4 rings (SSSR count). The summed E-state index contributed by atoms with van der Waals surface area (Å²) in [6.45, 7) is 8.12. The van der Waals surface area contributed by atoms with Crippen molar-refractivity contribution in [3.05, 3.63) is 47.7 Å². The first-order valence-electron chi connectivity index (χ1n) is 11.4. The summed E-state index contributed by atoms with van der Waals surface area (Å²) in [5.74, 6) is 0.00504. The summed E-state index contributed by atoms with van der Waals surface area (Å²) < 4.78 is 0. The molecule has 170 valence electrons. The number of Topliss-reactive ketones (excluding diaryl/α,β-unsaturated/α-hetero) is 1. The van der Waals surface area contributed by atoms with Crippen LogP contribution in [-0.4, -0.2) is 64.7 Å². The van der Waals surface area contributed by atoms with Crippen molar-refractivity contribution in [1.82, 2.24) is 14.9 Å². The Balaban J connectivity index is 1.86. The number of pyridine rings is 1. The number of alkyl halides is 1. The van der Waals surface area contributed by atoms with E-state index in [0.29, 0.717) is 22.8 Å². The van der Waals surface area contributed by atoms with Crippen molar-refractivity contribution in [3.63, 3.8) is 0 Å². The first-order chi connectivity index (χ1) is 15.6. The van der Waals surface area contributed by atoms with Gasteiger partial charge < -0.3 is 10.2 Å². The number of para-hydroxylation sites is 1. The topological polar surface area (TPSA) is 68.8 Å². The normalized spacial score (nSPS) is 18.7. The number of rotatable bonds is 7. The summed E-state index contributed by atoms with van der Waals surface area (Å²) in [6.07, 6.45) is 3.29. The molecule has 0 aliphatic carbocycles. The lowest BCUT2D eigenvalue weighted by molar-refractivity contribution is 0.100. The van der Waals surface area contributed by atoms with Gasteiger partial charge in [-0.25, -0.2) is 9.99 Å². The van der Waals surface area contributed by atoms with Gasteiger partial charge in [0.1, 0.15) is 5.69 Å². The maximum Gasteiger partial charge on any atom is 0.257 e. The van der Waals surface area contributed by atoms with Gasteiger partial charge in [0.2, 0.25) is 0 Å². The zero-order chi connectivity index (χ0) is 22.7. The van der Waals surface area contributed by atoms with Gasteiger partial charge in [-0.05, 0) is 50.2 Å². The SMILES string of the molecule is CCN(CC)CC1CCCCN1N1c2ccccc2C(=O)Nc2ccc(C(=O)CCl)nc21. The molecule has 2 aromatic rings. The minimum absolute atomic E-state index is 0.136. The number of hydrogen-bond donors (Lipinski definition) is 1. The number of anilines is 3. The number of ketones is 1. The van der Waals surface area contributed by atoms with Crippen molar-refractivity contribution in [2.75, 3.05) is 42.4 Å². The van der Waals surface area contributed by atoms with Crippen LogP contribution in [0, 0.1) is 0 Å². The van der Waals surface area contributed by atoms with Crippen LogP contribution in [0.5, 0.6) is 0 Å². The van der Waals surface area contributed by atoms with E-state index < -0.39 is 0 Å². The highest BCUT2D eigenvalue weighted by Crippen LogP contribution is 2.40. The molecule has 0 spiro atoms. The van der Waals surface area contributed by atoms with Crippen LogP contribution in [0.25, 0.3) is 0 Å².